The van der Waals surface area contributed by atoms with Gasteiger partial charge in [-0.2, -0.15) is 0 Å². The SMILES string of the molecule is C=C(C)CC/C=C/C=O. The van der Waals surface area contributed by atoms with Crippen LogP contribution < -0.4 is 0 Å². The van der Waals surface area contributed by atoms with Crippen molar-refractivity contribution in [2.75, 3.05) is 0 Å². The molecule has 0 saturated carbocycles. The molecule has 0 atom stereocenters. The van der Waals surface area contributed by atoms with Crippen molar-refractivity contribution in [3.05, 3.63) is 24.3 Å². The Morgan fingerprint density at radius 2 is 2.33 bits per heavy atom. The first-order chi connectivity index (χ1) is 4.27. The first kappa shape index (κ1) is 8.15. The smallest absolute Gasteiger partial charge is 0.142 e. The lowest BCUT2D eigenvalue weighted by molar-refractivity contribution is -0.104. The van der Waals surface area contributed by atoms with Crippen molar-refractivity contribution >= 4 is 6.29 Å². The van der Waals surface area contributed by atoms with Gasteiger partial charge in [-0.15, -0.1) is 6.58 Å². The van der Waals surface area contributed by atoms with Crippen LogP contribution in [0.1, 0.15) is 19.8 Å². The summed E-state index contributed by atoms with van der Waals surface area (Å²) >= 11 is 0. The highest BCUT2D eigenvalue weighted by molar-refractivity contribution is 5.64. The van der Waals surface area contributed by atoms with E-state index in [1.807, 2.05) is 13.0 Å². The zero-order chi connectivity index (χ0) is 7.11. The van der Waals surface area contributed by atoms with E-state index in [0.29, 0.717) is 0 Å². The Bertz CT molecular complexity index is 123. The standard InChI is InChI=1S/C8H12O/c1-8(2)6-4-3-5-7-9/h3,5,7H,1,4,6H2,2H3/b5-3+. The van der Waals surface area contributed by atoms with Crippen molar-refractivity contribution in [3.63, 3.8) is 0 Å². The van der Waals surface area contributed by atoms with Crippen LogP contribution in [0, 0.1) is 0 Å². The fourth-order valence-electron chi connectivity index (χ4n) is 0.482. The molecule has 1 heteroatoms. The van der Waals surface area contributed by atoms with Crippen LogP contribution in [0.3, 0.4) is 0 Å². The number of aldehydes is 1. The zero-order valence-corrected chi connectivity index (χ0v) is 5.76. The Labute approximate surface area is 56.1 Å². The van der Waals surface area contributed by atoms with Gasteiger partial charge in [-0.25, -0.2) is 0 Å². The number of carbonyl (C=O) groups is 1. The number of hydrogen-bond acceptors (Lipinski definition) is 1. The van der Waals surface area contributed by atoms with Crippen molar-refractivity contribution in [3.8, 4) is 0 Å². The summed E-state index contributed by atoms with van der Waals surface area (Å²) in [5.41, 5.74) is 1.16. The molecule has 0 aliphatic rings. The predicted octanol–water partition coefficient (Wildman–Crippen LogP) is 2.10. The molecule has 0 bridgehead atoms. The molecule has 0 heterocycles. The highest BCUT2D eigenvalue weighted by Gasteiger charge is 1.80. The van der Waals surface area contributed by atoms with Crippen LogP contribution in [0.5, 0.6) is 0 Å². The number of rotatable bonds is 4. The van der Waals surface area contributed by atoms with Gasteiger partial charge < -0.3 is 0 Å². The Hall–Kier alpha value is -0.850. The Morgan fingerprint density at radius 3 is 2.78 bits per heavy atom. The monoisotopic (exact) mass is 124 g/mol. The molecule has 0 rings (SSSR count). The lowest BCUT2D eigenvalue weighted by Crippen LogP contribution is -1.71. The maximum Gasteiger partial charge on any atom is 0.142 e. The zero-order valence-electron chi connectivity index (χ0n) is 5.76. The van der Waals surface area contributed by atoms with Gasteiger partial charge in [-0.05, 0) is 25.8 Å². The van der Waals surface area contributed by atoms with E-state index < -0.39 is 0 Å². The van der Waals surface area contributed by atoms with Crippen molar-refractivity contribution in [2.45, 2.75) is 19.8 Å². The summed E-state index contributed by atoms with van der Waals surface area (Å²) in [5.74, 6) is 0. The molecule has 0 radical (unpaired) electrons. The molecule has 1 nitrogen and oxygen atoms in total. The van der Waals surface area contributed by atoms with E-state index in [9.17, 15) is 4.79 Å². The topological polar surface area (TPSA) is 17.1 Å². The van der Waals surface area contributed by atoms with Gasteiger partial charge in [0.15, 0.2) is 0 Å². The quantitative estimate of drug-likeness (QED) is 0.318. The van der Waals surface area contributed by atoms with Crippen molar-refractivity contribution < 1.29 is 4.79 Å². The minimum Gasteiger partial charge on any atom is -0.299 e. The second-order valence-electron chi connectivity index (χ2n) is 2.06. The number of hydrogen-bond donors (Lipinski definition) is 0. The van der Waals surface area contributed by atoms with Crippen molar-refractivity contribution in [2.24, 2.45) is 0 Å². The summed E-state index contributed by atoms with van der Waals surface area (Å²) in [5, 5.41) is 0. The van der Waals surface area contributed by atoms with Gasteiger partial charge in [0.1, 0.15) is 6.29 Å². The van der Waals surface area contributed by atoms with Gasteiger partial charge >= 0.3 is 0 Å². The molecule has 0 amide bonds. The van der Waals surface area contributed by atoms with E-state index in [1.54, 1.807) is 0 Å². The van der Waals surface area contributed by atoms with Crippen LogP contribution in [-0.2, 0) is 4.79 Å². The molecule has 0 aliphatic heterocycles. The lowest BCUT2D eigenvalue weighted by Gasteiger charge is -1.89. The Balaban J connectivity index is 3.19. The number of carbonyl (C=O) groups excluding carboxylic acids is 1. The van der Waals surface area contributed by atoms with Crippen LogP contribution in [0.25, 0.3) is 0 Å². The molecule has 0 unspecified atom stereocenters. The second kappa shape index (κ2) is 5.29. The molecule has 0 saturated heterocycles. The summed E-state index contributed by atoms with van der Waals surface area (Å²) in [6, 6.07) is 0. The molecule has 0 aromatic rings. The largest absolute Gasteiger partial charge is 0.299 e. The molecule has 50 valence electrons. The lowest BCUT2D eigenvalue weighted by atomic mass is 10.2. The van der Waals surface area contributed by atoms with Crippen LogP contribution in [0.2, 0.25) is 0 Å². The third-order valence-electron chi connectivity index (χ3n) is 0.952. The first-order valence-electron chi connectivity index (χ1n) is 3.02. The summed E-state index contributed by atoms with van der Waals surface area (Å²) < 4.78 is 0. The molecule has 9 heavy (non-hydrogen) atoms. The fourth-order valence-corrected chi connectivity index (χ4v) is 0.482. The molecule has 0 spiro atoms. The Kier molecular flexibility index (Phi) is 4.79. The molecular formula is C8H12O. The van der Waals surface area contributed by atoms with E-state index in [1.165, 1.54) is 6.08 Å². The molecular weight excluding hydrogens is 112 g/mol. The number of allylic oxidation sites excluding steroid dienone is 3. The summed E-state index contributed by atoms with van der Waals surface area (Å²) in [6.07, 6.45) is 6.06. The van der Waals surface area contributed by atoms with E-state index in [0.717, 1.165) is 24.7 Å². The first-order valence-corrected chi connectivity index (χ1v) is 3.02. The minimum atomic E-state index is 0.790. The predicted molar refractivity (Wildman–Crippen MR) is 39.3 cm³/mol. The third-order valence-corrected chi connectivity index (χ3v) is 0.952. The maximum atomic E-state index is 9.74. The summed E-state index contributed by atoms with van der Waals surface area (Å²) in [6.45, 7) is 5.71. The van der Waals surface area contributed by atoms with E-state index in [2.05, 4.69) is 6.58 Å². The average molecular weight is 124 g/mol. The van der Waals surface area contributed by atoms with Crippen molar-refractivity contribution in [1.82, 2.24) is 0 Å². The normalized spacial score (nSPS) is 9.89. The summed E-state index contributed by atoms with van der Waals surface area (Å²) in [4.78, 5) is 9.74. The van der Waals surface area contributed by atoms with Crippen LogP contribution >= 0.6 is 0 Å². The maximum absolute atomic E-state index is 9.74. The van der Waals surface area contributed by atoms with Gasteiger partial charge in [0.05, 0.1) is 0 Å². The highest BCUT2D eigenvalue weighted by Crippen LogP contribution is 1.99. The fraction of sp³-hybridized carbons (Fsp3) is 0.375. The molecule has 0 aromatic carbocycles. The third kappa shape index (κ3) is 7.15. The van der Waals surface area contributed by atoms with Crippen LogP contribution in [0.15, 0.2) is 24.3 Å². The van der Waals surface area contributed by atoms with Crippen LogP contribution in [-0.4, -0.2) is 6.29 Å². The van der Waals surface area contributed by atoms with Gasteiger partial charge in [0, 0.05) is 0 Å². The highest BCUT2D eigenvalue weighted by atomic mass is 16.1. The van der Waals surface area contributed by atoms with Gasteiger partial charge in [0.25, 0.3) is 0 Å². The molecule has 0 aliphatic carbocycles. The van der Waals surface area contributed by atoms with Crippen LogP contribution in [0.4, 0.5) is 0 Å². The van der Waals surface area contributed by atoms with Gasteiger partial charge in [0.2, 0.25) is 0 Å². The average Bonchev–Trinajstić information content (AvgIpc) is 1.80. The molecule has 0 aromatic heterocycles. The molecule has 0 N–H and O–H groups in total. The van der Waals surface area contributed by atoms with Crippen molar-refractivity contribution in [1.29, 1.82) is 0 Å². The minimum absolute atomic E-state index is 0.790. The van der Waals surface area contributed by atoms with E-state index in [-0.39, 0.29) is 0 Å². The van der Waals surface area contributed by atoms with E-state index in [4.69, 9.17) is 0 Å². The summed E-state index contributed by atoms with van der Waals surface area (Å²) in [7, 11) is 0. The second-order valence-corrected chi connectivity index (χ2v) is 2.06. The Morgan fingerprint density at radius 1 is 1.67 bits per heavy atom. The molecule has 0 fully saturated rings. The van der Waals surface area contributed by atoms with Gasteiger partial charge in [-0.1, -0.05) is 11.6 Å². The van der Waals surface area contributed by atoms with Gasteiger partial charge in [-0.3, -0.25) is 4.79 Å². The van der Waals surface area contributed by atoms with E-state index >= 15 is 0 Å².